The Balaban J connectivity index is 2.79. The maximum atomic E-state index is 10.3. The summed E-state index contributed by atoms with van der Waals surface area (Å²) < 4.78 is 4.95. The number of nitrogens with zero attached hydrogens (tertiary/aromatic N) is 2. The highest BCUT2D eigenvalue weighted by atomic mass is 16.5. The molecule has 1 rings (SSSR count). The second kappa shape index (κ2) is 4.25. The number of carboxylic acids is 1. The third kappa shape index (κ3) is 3.53. The van der Waals surface area contributed by atoms with Gasteiger partial charge in [-0.25, -0.2) is 14.8 Å². The monoisotopic (exact) mass is 210 g/mol. The summed E-state index contributed by atoms with van der Waals surface area (Å²) in [5, 5.41) is 8.44. The van der Waals surface area contributed by atoms with Crippen LogP contribution in [0.5, 0.6) is 5.88 Å². The van der Waals surface area contributed by atoms with Crippen molar-refractivity contribution in [3.05, 3.63) is 18.1 Å². The molecule has 1 aromatic heterocycles. The minimum atomic E-state index is -1.02. The Labute approximate surface area is 88.1 Å². The third-order valence-corrected chi connectivity index (χ3v) is 1.75. The largest absolute Gasteiger partial charge is 0.479 e. The van der Waals surface area contributed by atoms with Crippen molar-refractivity contribution in [2.75, 3.05) is 6.61 Å². The fourth-order valence-corrected chi connectivity index (χ4v) is 0.964. The summed E-state index contributed by atoms with van der Waals surface area (Å²) in [6, 6.07) is 1.66. The van der Waals surface area contributed by atoms with Gasteiger partial charge in [-0.3, -0.25) is 0 Å². The molecule has 0 radical (unpaired) electrons. The van der Waals surface area contributed by atoms with Crippen LogP contribution in [0.4, 0.5) is 0 Å². The zero-order chi connectivity index (χ0) is 11.5. The second-order valence-electron chi connectivity index (χ2n) is 4.17. The molecule has 0 saturated carbocycles. The molecular formula is C10H14N2O3. The first-order chi connectivity index (χ1) is 6.89. The zero-order valence-electron chi connectivity index (χ0n) is 9.02. The molecule has 0 spiro atoms. The normalized spacial score (nSPS) is 11.1. The third-order valence-electron chi connectivity index (χ3n) is 1.75. The number of ether oxygens (including phenoxy) is 1. The van der Waals surface area contributed by atoms with Crippen LogP contribution in [0.25, 0.3) is 0 Å². The van der Waals surface area contributed by atoms with Crippen molar-refractivity contribution >= 4 is 5.97 Å². The van der Waals surface area contributed by atoms with Gasteiger partial charge in [0.05, 0.1) is 5.69 Å². The number of carboxylic acid groups (broad SMARTS) is 1. The predicted octanol–water partition coefficient (Wildman–Crippen LogP) is 1.24. The van der Waals surface area contributed by atoms with Crippen LogP contribution in [0.1, 0.15) is 26.5 Å². The molecule has 0 fully saturated rings. The van der Waals surface area contributed by atoms with E-state index in [1.165, 1.54) is 6.33 Å². The van der Waals surface area contributed by atoms with Gasteiger partial charge in [-0.1, -0.05) is 20.8 Å². The molecule has 0 atom stereocenters. The molecule has 0 aliphatic rings. The van der Waals surface area contributed by atoms with Crippen LogP contribution < -0.4 is 4.74 Å². The molecule has 0 aliphatic carbocycles. The van der Waals surface area contributed by atoms with Gasteiger partial charge < -0.3 is 9.84 Å². The van der Waals surface area contributed by atoms with Gasteiger partial charge >= 0.3 is 5.97 Å². The van der Waals surface area contributed by atoms with Gasteiger partial charge in [-0.15, -0.1) is 0 Å². The minimum absolute atomic E-state index is 0.107. The van der Waals surface area contributed by atoms with E-state index in [4.69, 9.17) is 9.84 Å². The molecule has 82 valence electrons. The topological polar surface area (TPSA) is 72.3 Å². The summed E-state index contributed by atoms with van der Waals surface area (Å²) in [7, 11) is 0. The summed E-state index contributed by atoms with van der Waals surface area (Å²) in [6.45, 7) is 5.64. The van der Waals surface area contributed by atoms with Crippen molar-refractivity contribution in [2.24, 2.45) is 0 Å². The first-order valence-electron chi connectivity index (χ1n) is 4.57. The fourth-order valence-electron chi connectivity index (χ4n) is 0.964. The Bertz CT molecular complexity index is 358. The molecular weight excluding hydrogens is 196 g/mol. The van der Waals surface area contributed by atoms with Gasteiger partial charge in [0, 0.05) is 11.5 Å². The van der Waals surface area contributed by atoms with Gasteiger partial charge in [-0.05, 0) is 0 Å². The smallest absolute Gasteiger partial charge is 0.341 e. The molecule has 15 heavy (non-hydrogen) atoms. The Morgan fingerprint density at radius 2 is 2.13 bits per heavy atom. The zero-order valence-corrected chi connectivity index (χ0v) is 9.02. The number of carbonyl (C=O) groups is 1. The van der Waals surface area contributed by atoms with Gasteiger partial charge in [0.2, 0.25) is 5.88 Å². The predicted molar refractivity (Wildman–Crippen MR) is 53.9 cm³/mol. The van der Waals surface area contributed by atoms with Crippen molar-refractivity contribution in [2.45, 2.75) is 26.2 Å². The molecule has 0 amide bonds. The van der Waals surface area contributed by atoms with Gasteiger partial charge in [0.15, 0.2) is 6.61 Å². The summed E-state index contributed by atoms with van der Waals surface area (Å²) in [5.41, 5.74) is 0.711. The van der Waals surface area contributed by atoms with Crippen LogP contribution >= 0.6 is 0 Å². The molecule has 5 nitrogen and oxygen atoms in total. The Kier molecular flexibility index (Phi) is 3.24. The first-order valence-corrected chi connectivity index (χ1v) is 4.57. The quantitative estimate of drug-likeness (QED) is 0.812. The Morgan fingerprint density at radius 1 is 1.47 bits per heavy atom. The lowest BCUT2D eigenvalue weighted by Crippen LogP contribution is -2.15. The van der Waals surface area contributed by atoms with Gasteiger partial charge in [0.25, 0.3) is 0 Å². The van der Waals surface area contributed by atoms with Crippen LogP contribution in [0.2, 0.25) is 0 Å². The molecule has 0 unspecified atom stereocenters. The van der Waals surface area contributed by atoms with E-state index in [2.05, 4.69) is 9.97 Å². The highest BCUT2D eigenvalue weighted by Gasteiger charge is 2.16. The van der Waals surface area contributed by atoms with E-state index < -0.39 is 5.97 Å². The molecule has 0 aromatic carbocycles. The summed E-state index contributed by atoms with van der Waals surface area (Å²) in [6.07, 6.45) is 1.37. The van der Waals surface area contributed by atoms with E-state index >= 15 is 0 Å². The molecule has 1 N–H and O–H groups in total. The Morgan fingerprint density at radius 3 is 2.67 bits per heavy atom. The summed E-state index contributed by atoms with van der Waals surface area (Å²) in [5.74, 6) is -0.733. The second-order valence-corrected chi connectivity index (χ2v) is 4.17. The van der Waals surface area contributed by atoms with Crippen molar-refractivity contribution in [1.82, 2.24) is 9.97 Å². The highest BCUT2D eigenvalue weighted by Crippen LogP contribution is 2.21. The average molecular weight is 210 g/mol. The maximum Gasteiger partial charge on any atom is 0.341 e. The van der Waals surface area contributed by atoms with Crippen LogP contribution in [0.3, 0.4) is 0 Å². The summed E-state index contributed by atoms with van der Waals surface area (Å²) in [4.78, 5) is 18.2. The van der Waals surface area contributed by atoms with E-state index in [0.29, 0.717) is 0 Å². The van der Waals surface area contributed by atoms with E-state index in [1.54, 1.807) is 6.07 Å². The summed E-state index contributed by atoms with van der Waals surface area (Å²) >= 11 is 0. The SMILES string of the molecule is CC(C)(C)c1cc(OCC(=O)O)ncn1. The number of hydrogen-bond donors (Lipinski definition) is 1. The Hall–Kier alpha value is -1.65. The fraction of sp³-hybridized carbons (Fsp3) is 0.500. The number of hydrogen-bond acceptors (Lipinski definition) is 4. The van der Waals surface area contributed by atoms with Crippen molar-refractivity contribution in [3.63, 3.8) is 0 Å². The van der Waals surface area contributed by atoms with E-state index in [9.17, 15) is 4.79 Å². The number of rotatable bonds is 3. The first kappa shape index (κ1) is 11.4. The molecule has 1 heterocycles. The van der Waals surface area contributed by atoms with Gasteiger partial charge in [0.1, 0.15) is 6.33 Å². The molecule has 5 heteroatoms. The van der Waals surface area contributed by atoms with Crippen molar-refractivity contribution < 1.29 is 14.6 Å². The van der Waals surface area contributed by atoms with Crippen molar-refractivity contribution in [1.29, 1.82) is 0 Å². The molecule has 1 aromatic rings. The molecule has 0 aliphatic heterocycles. The van der Waals surface area contributed by atoms with E-state index in [-0.39, 0.29) is 17.9 Å². The number of aromatic nitrogens is 2. The van der Waals surface area contributed by atoms with Crippen LogP contribution in [0, 0.1) is 0 Å². The van der Waals surface area contributed by atoms with Gasteiger partial charge in [-0.2, -0.15) is 0 Å². The highest BCUT2D eigenvalue weighted by molar-refractivity contribution is 5.68. The average Bonchev–Trinajstić information content (AvgIpc) is 2.14. The minimum Gasteiger partial charge on any atom is -0.479 e. The lowest BCUT2D eigenvalue weighted by molar-refractivity contribution is -0.139. The van der Waals surface area contributed by atoms with Crippen LogP contribution in [-0.4, -0.2) is 27.7 Å². The molecule has 0 bridgehead atoms. The van der Waals surface area contributed by atoms with Crippen LogP contribution in [-0.2, 0) is 10.2 Å². The maximum absolute atomic E-state index is 10.3. The molecule has 0 saturated heterocycles. The standard InChI is InChI=1S/C10H14N2O3/c1-10(2,3)7-4-8(12-6-11-7)15-5-9(13)14/h4,6H,5H2,1-3H3,(H,13,14). The van der Waals surface area contributed by atoms with E-state index in [1.807, 2.05) is 20.8 Å². The number of aliphatic carboxylic acids is 1. The lowest BCUT2D eigenvalue weighted by Gasteiger charge is -2.17. The van der Waals surface area contributed by atoms with E-state index in [0.717, 1.165) is 5.69 Å². The van der Waals surface area contributed by atoms with Crippen molar-refractivity contribution in [3.8, 4) is 5.88 Å². The van der Waals surface area contributed by atoms with Crippen LogP contribution in [0.15, 0.2) is 12.4 Å². The lowest BCUT2D eigenvalue weighted by atomic mass is 9.92.